The topological polar surface area (TPSA) is 8.17 Å². The first kappa shape index (κ1) is 33.2. The summed E-state index contributed by atoms with van der Waals surface area (Å²) in [5, 5.41) is 2.41. The fourth-order valence-electron chi connectivity index (χ4n) is 8.23. The van der Waals surface area contributed by atoms with E-state index in [0.29, 0.717) is 0 Å². The van der Waals surface area contributed by atoms with E-state index in [2.05, 4.69) is 240 Å². The summed E-state index contributed by atoms with van der Waals surface area (Å²) < 4.78 is 2.42. The standard InChI is InChI=1S/C54H38N2/c1-4-17-39(18-5-1)40-31-35-44(36-32-40)55(50-27-14-12-25-48(50)42-21-8-3-9-22-42)52-29-16-30-53-54(52)49-26-13-15-28-51(49)56(53)45-37-33-43(34-38-45)47-24-11-10-23-46(47)41-19-6-2-7-20-41/h1-38H. The molecule has 56 heavy (non-hydrogen) atoms. The predicted octanol–water partition coefficient (Wildman–Crippen LogP) is 14.9. The van der Waals surface area contributed by atoms with E-state index in [-0.39, 0.29) is 0 Å². The second-order valence-electron chi connectivity index (χ2n) is 14.1. The maximum Gasteiger partial charge on any atom is 0.0562 e. The highest BCUT2D eigenvalue weighted by Gasteiger charge is 2.23. The Bertz CT molecular complexity index is 2930. The Balaban J connectivity index is 1.16. The minimum absolute atomic E-state index is 1.10. The normalized spacial score (nSPS) is 11.2. The van der Waals surface area contributed by atoms with Crippen LogP contribution in [0.15, 0.2) is 231 Å². The van der Waals surface area contributed by atoms with Crippen molar-refractivity contribution in [1.29, 1.82) is 0 Å². The van der Waals surface area contributed by atoms with Crippen LogP contribution < -0.4 is 4.90 Å². The lowest BCUT2D eigenvalue weighted by Gasteiger charge is -2.29. The van der Waals surface area contributed by atoms with Gasteiger partial charge in [-0.25, -0.2) is 0 Å². The number of para-hydroxylation sites is 2. The molecule has 2 nitrogen and oxygen atoms in total. The lowest BCUT2D eigenvalue weighted by molar-refractivity contribution is 1.18. The number of nitrogens with zero attached hydrogens (tertiary/aromatic N) is 2. The second kappa shape index (κ2) is 14.4. The third kappa shape index (κ3) is 5.95. The minimum atomic E-state index is 1.10. The fraction of sp³-hybridized carbons (Fsp3) is 0. The molecule has 1 aromatic heterocycles. The highest BCUT2D eigenvalue weighted by molar-refractivity contribution is 6.17. The zero-order valence-corrected chi connectivity index (χ0v) is 30.8. The first-order valence-electron chi connectivity index (χ1n) is 19.2. The van der Waals surface area contributed by atoms with Crippen LogP contribution in [-0.2, 0) is 0 Å². The molecule has 2 heteroatoms. The first-order valence-corrected chi connectivity index (χ1v) is 19.2. The zero-order valence-electron chi connectivity index (χ0n) is 30.8. The van der Waals surface area contributed by atoms with Crippen molar-refractivity contribution in [2.45, 2.75) is 0 Å². The maximum absolute atomic E-state index is 2.44. The third-order valence-electron chi connectivity index (χ3n) is 10.8. The third-order valence-corrected chi connectivity index (χ3v) is 10.8. The fourth-order valence-corrected chi connectivity index (χ4v) is 8.23. The molecule has 10 rings (SSSR count). The molecule has 0 aliphatic rings. The van der Waals surface area contributed by atoms with E-state index in [4.69, 9.17) is 0 Å². The second-order valence-corrected chi connectivity index (χ2v) is 14.1. The van der Waals surface area contributed by atoms with E-state index in [1.54, 1.807) is 0 Å². The van der Waals surface area contributed by atoms with Gasteiger partial charge in [0.2, 0.25) is 0 Å². The Morgan fingerprint density at radius 3 is 1.39 bits per heavy atom. The average Bonchev–Trinajstić information content (AvgIpc) is 3.63. The van der Waals surface area contributed by atoms with Crippen molar-refractivity contribution in [1.82, 2.24) is 4.57 Å². The van der Waals surface area contributed by atoms with Gasteiger partial charge in [0, 0.05) is 27.7 Å². The van der Waals surface area contributed by atoms with E-state index < -0.39 is 0 Å². The monoisotopic (exact) mass is 714 g/mol. The van der Waals surface area contributed by atoms with Crippen molar-refractivity contribution in [2.24, 2.45) is 0 Å². The summed E-state index contributed by atoms with van der Waals surface area (Å²) in [5.41, 5.74) is 16.4. The van der Waals surface area contributed by atoms with Crippen LogP contribution in [0.3, 0.4) is 0 Å². The molecule has 1 heterocycles. The van der Waals surface area contributed by atoms with Crippen molar-refractivity contribution in [3.05, 3.63) is 231 Å². The molecular formula is C54H38N2. The summed E-state index contributed by atoms with van der Waals surface area (Å²) >= 11 is 0. The minimum Gasteiger partial charge on any atom is -0.309 e. The van der Waals surface area contributed by atoms with Crippen molar-refractivity contribution in [3.8, 4) is 50.2 Å². The lowest BCUT2D eigenvalue weighted by atomic mass is 9.94. The predicted molar refractivity (Wildman–Crippen MR) is 237 cm³/mol. The molecule has 0 N–H and O–H groups in total. The van der Waals surface area contributed by atoms with Gasteiger partial charge in [-0.05, 0) is 87.5 Å². The number of fused-ring (bicyclic) bond motifs is 3. The van der Waals surface area contributed by atoms with E-state index in [9.17, 15) is 0 Å². The van der Waals surface area contributed by atoms with Gasteiger partial charge >= 0.3 is 0 Å². The molecular weight excluding hydrogens is 677 g/mol. The summed E-state index contributed by atoms with van der Waals surface area (Å²) in [6.45, 7) is 0. The number of hydrogen-bond acceptors (Lipinski definition) is 1. The lowest BCUT2D eigenvalue weighted by Crippen LogP contribution is -2.11. The molecule has 0 aliphatic heterocycles. The number of benzene rings is 9. The highest BCUT2D eigenvalue weighted by atomic mass is 15.1. The maximum atomic E-state index is 2.44. The van der Waals surface area contributed by atoms with Gasteiger partial charge < -0.3 is 9.47 Å². The molecule has 264 valence electrons. The Morgan fingerprint density at radius 1 is 0.286 bits per heavy atom. The van der Waals surface area contributed by atoms with Crippen LogP contribution >= 0.6 is 0 Å². The molecule has 0 amide bonds. The molecule has 0 unspecified atom stereocenters. The summed E-state index contributed by atoms with van der Waals surface area (Å²) in [6.07, 6.45) is 0. The largest absolute Gasteiger partial charge is 0.309 e. The van der Waals surface area contributed by atoms with Gasteiger partial charge in [-0.3, -0.25) is 0 Å². The molecule has 0 saturated carbocycles. The van der Waals surface area contributed by atoms with Crippen LogP contribution in [0.1, 0.15) is 0 Å². The summed E-state index contributed by atoms with van der Waals surface area (Å²) in [4.78, 5) is 2.44. The van der Waals surface area contributed by atoms with Gasteiger partial charge in [0.15, 0.2) is 0 Å². The van der Waals surface area contributed by atoms with E-state index >= 15 is 0 Å². The van der Waals surface area contributed by atoms with Crippen LogP contribution in [-0.4, -0.2) is 4.57 Å². The van der Waals surface area contributed by atoms with Crippen molar-refractivity contribution < 1.29 is 0 Å². The van der Waals surface area contributed by atoms with Crippen LogP contribution in [0.5, 0.6) is 0 Å². The first-order chi connectivity index (χ1) is 27.8. The smallest absolute Gasteiger partial charge is 0.0562 e. The highest BCUT2D eigenvalue weighted by Crippen LogP contribution is 2.47. The van der Waals surface area contributed by atoms with E-state index in [1.165, 1.54) is 60.8 Å². The molecule has 0 saturated heterocycles. The molecule has 10 aromatic rings. The number of aromatic nitrogens is 1. The van der Waals surface area contributed by atoms with Gasteiger partial charge in [-0.1, -0.05) is 182 Å². The summed E-state index contributed by atoms with van der Waals surface area (Å²) in [6, 6.07) is 83.0. The van der Waals surface area contributed by atoms with E-state index in [0.717, 1.165) is 28.3 Å². The molecule has 0 spiro atoms. The zero-order chi connectivity index (χ0) is 37.3. The van der Waals surface area contributed by atoms with Gasteiger partial charge in [-0.2, -0.15) is 0 Å². The molecule has 0 radical (unpaired) electrons. The SMILES string of the molecule is c1ccc(-c2ccc(N(c3ccccc3-c3ccccc3)c3cccc4c3c3ccccc3n4-c3ccc(-c4ccccc4-c4ccccc4)cc3)cc2)cc1. The van der Waals surface area contributed by atoms with Gasteiger partial charge in [0.1, 0.15) is 0 Å². The van der Waals surface area contributed by atoms with Gasteiger partial charge in [0.25, 0.3) is 0 Å². The van der Waals surface area contributed by atoms with Gasteiger partial charge in [0.05, 0.1) is 22.4 Å². The Hall–Kier alpha value is -7.42. The Morgan fingerprint density at radius 2 is 0.732 bits per heavy atom. The van der Waals surface area contributed by atoms with Crippen molar-refractivity contribution in [2.75, 3.05) is 4.90 Å². The molecule has 0 bridgehead atoms. The van der Waals surface area contributed by atoms with Crippen LogP contribution in [0.25, 0.3) is 72.0 Å². The molecule has 0 fully saturated rings. The van der Waals surface area contributed by atoms with Gasteiger partial charge in [-0.15, -0.1) is 0 Å². The molecule has 9 aromatic carbocycles. The Labute approximate surface area is 327 Å². The average molecular weight is 715 g/mol. The van der Waals surface area contributed by atoms with Crippen molar-refractivity contribution in [3.63, 3.8) is 0 Å². The van der Waals surface area contributed by atoms with Crippen LogP contribution in [0.4, 0.5) is 17.1 Å². The quantitative estimate of drug-likeness (QED) is 0.152. The number of hydrogen-bond donors (Lipinski definition) is 0. The molecule has 0 aliphatic carbocycles. The Kier molecular flexibility index (Phi) is 8.55. The summed E-state index contributed by atoms with van der Waals surface area (Å²) in [5.74, 6) is 0. The van der Waals surface area contributed by atoms with Crippen molar-refractivity contribution >= 4 is 38.9 Å². The number of rotatable bonds is 8. The summed E-state index contributed by atoms with van der Waals surface area (Å²) in [7, 11) is 0. The van der Waals surface area contributed by atoms with Crippen LogP contribution in [0, 0.1) is 0 Å². The molecule has 0 atom stereocenters. The van der Waals surface area contributed by atoms with Crippen LogP contribution in [0.2, 0.25) is 0 Å². The number of anilines is 3. The van der Waals surface area contributed by atoms with E-state index in [1.807, 2.05) is 0 Å².